The van der Waals surface area contributed by atoms with Crippen molar-refractivity contribution in [3.8, 4) is 0 Å². The number of thioether (sulfide) groups is 1. The van der Waals surface area contributed by atoms with Gasteiger partial charge in [-0.05, 0) is 30.9 Å². The van der Waals surface area contributed by atoms with Crippen molar-refractivity contribution in [1.82, 2.24) is 14.1 Å². The van der Waals surface area contributed by atoms with E-state index >= 15 is 0 Å². The van der Waals surface area contributed by atoms with E-state index in [4.69, 9.17) is 4.98 Å². The summed E-state index contributed by atoms with van der Waals surface area (Å²) in [6.07, 6.45) is 4.99. The SMILES string of the molecule is Cn1c(SCCn2ccccc2=O)nc2sc3c(c2c1=O)CCC3. The molecule has 3 heterocycles. The van der Waals surface area contributed by atoms with Gasteiger partial charge in [0.25, 0.3) is 11.1 Å². The van der Waals surface area contributed by atoms with Crippen LogP contribution in [-0.2, 0) is 26.4 Å². The second-order valence-corrected chi connectivity index (χ2v) is 8.02. The van der Waals surface area contributed by atoms with Crippen LogP contribution >= 0.6 is 23.1 Å². The Balaban J connectivity index is 1.61. The summed E-state index contributed by atoms with van der Waals surface area (Å²) in [7, 11) is 1.78. The average Bonchev–Trinajstić information content (AvgIpc) is 3.14. The molecule has 124 valence electrons. The van der Waals surface area contributed by atoms with E-state index in [2.05, 4.69) is 0 Å². The molecule has 3 aromatic heterocycles. The molecular formula is C17H17N3O2S2. The van der Waals surface area contributed by atoms with E-state index in [0.29, 0.717) is 12.3 Å². The molecule has 1 aliphatic carbocycles. The van der Waals surface area contributed by atoms with Crippen molar-refractivity contribution in [2.75, 3.05) is 5.75 Å². The lowest BCUT2D eigenvalue weighted by Gasteiger charge is -2.08. The number of pyridine rings is 1. The van der Waals surface area contributed by atoms with Gasteiger partial charge < -0.3 is 4.57 Å². The van der Waals surface area contributed by atoms with Crippen LogP contribution in [0.3, 0.4) is 0 Å². The molecule has 7 heteroatoms. The number of aryl methyl sites for hydroxylation is 3. The van der Waals surface area contributed by atoms with E-state index in [1.165, 1.54) is 22.2 Å². The summed E-state index contributed by atoms with van der Waals surface area (Å²) in [5, 5.41) is 1.54. The van der Waals surface area contributed by atoms with Crippen LogP contribution in [0.2, 0.25) is 0 Å². The van der Waals surface area contributed by atoms with Gasteiger partial charge in [-0.3, -0.25) is 14.2 Å². The molecule has 0 aliphatic heterocycles. The van der Waals surface area contributed by atoms with Crippen LogP contribution in [0.25, 0.3) is 10.2 Å². The maximum Gasteiger partial charge on any atom is 0.262 e. The quantitative estimate of drug-likeness (QED) is 0.530. The van der Waals surface area contributed by atoms with Gasteiger partial charge in [0.1, 0.15) is 4.83 Å². The minimum absolute atomic E-state index is 0.00918. The minimum atomic E-state index is -0.00918. The number of thiophene rings is 1. The predicted octanol–water partition coefficient (Wildman–Crippen LogP) is 2.44. The minimum Gasteiger partial charge on any atom is -0.315 e. The van der Waals surface area contributed by atoms with Crippen molar-refractivity contribution < 1.29 is 0 Å². The van der Waals surface area contributed by atoms with Crippen LogP contribution in [0.15, 0.2) is 39.1 Å². The van der Waals surface area contributed by atoms with Crippen molar-refractivity contribution in [2.45, 2.75) is 31.0 Å². The van der Waals surface area contributed by atoms with Crippen molar-refractivity contribution >= 4 is 33.3 Å². The number of hydrogen-bond acceptors (Lipinski definition) is 5. The zero-order valence-corrected chi connectivity index (χ0v) is 15.0. The van der Waals surface area contributed by atoms with Crippen LogP contribution in [0.5, 0.6) is 0 Å². The fourth-order valence-corrected chi connectivity index (χ4v) is 5.33. The molecule has 24 heavy (non-hydrogen) atoms. The fourth-order valence-electron chi connectivity index (χ4n) is 3.12. The van der Waals surface area contributed by atoms with E-state index in [1.807, 2.05) is 6.07 Å². The monoisotopic (exact) mass is 359 g/mol. The highest BCUT2D eigenvalue weighted by Crippen LogP contribution is 2.35. The zero-order chi connectivity index (χ0) is 16.7. The molecule has 0 atom stereocenters. The molecule has 0 saturated carbocycles. The van der Waals surface area contributed by atoms with Crippen LogP contribution < -0.4 is 11.1 Å². The standard InChI is InChI=1S/C17H17N3O2S2/c1-19-16(22)14-11-5-4-6-12(11)24-15(14)18-17(19)23-10-9-20-8-3-2-7-13(20)21/h2-3,7-8H,4-6,9-10H2,1H3. The molecule has 0 aromatic carbocycles. The summed E-state index contributed by atoms with van der Waals surface area (Å²) in [5.74, 6) is 0.695. The Kier molecular flexibility index (Phi) is 4.05. The number of rotatable bonds is 4. The average molecular weight is 359 g/mol. The summed E-state index contributed by atoms with van der Waals surface area (Å²) < 4.78 is 3.31. The first-order chi connectivity index (χ1) is 11.6. The molecule has 0 saturated heterocycles. The van der Waals surface area contributed by atoms with Gasteiger partial charge in [-0.1, -0.05) is 17.8 Å². The van der Waals surface area contributed by atoms with E-state index in [0.717, 1.165) is 34.6 Å². The molecule has 0 bridgehead atoms. The molecule has 4 rings (SSSR count). The lowest BCUT2D eigenvalue weighted by atomic mass is 10.2. The predicted molar refractivity (Wildman–Crippen MR) is 98.3 cm³/mol. The van der Waals surface area contributed by atoms with Crippen LogP contribution in [-0.4, -0.2) is 19.9 Å². The Hall–Kier alpha value is -1.86. The molecule has 0 amide bonds. The number of aromatic nitrogens is 3. The summed E-state index contributed by atoms with van der Waals surface area (Å²) in [4.78, 5) is 31.3. The van der Waals surface area contributed by atoms with E-state index in [-0.39, 0.29) is 11.1 Å². The van der Waals surface area contributed by atoms with Crippen LogP contribution in [0.1, 0.15) is 16.9 Å². The lowest BCUT2D eigenvalue weighted by molar-refractivity contribution is 0.713. The Morgan fingerprint density at radius 3 is 3.00 bits per heavy atom. The topological polar surface area (TPSA) is 56.9 Å². The van der Waals surface area contributed by atoms with Gasteiger partial charge in [0.2, 0.25) is 0 Å². The van der Waals surface area contributed by atoms with Crippen molar-refractivity contribution in [2.24, 2.45) is 7.05 Å². The molecule has 0 fully saturated rings. The number of fused-ring (bicyclic) bond motifs is 3. The van der Waals surface area contributed by atoms with Crippen molar-refractivity contribution in [3.63, 3.8) is 0 Å². The lowest BCUT2D eigenvalue weighted by Crippen LogP contribution is -2.21. The van der Waals surface area contributed by atoms with E-state index in [1.54, 1.807) is 45.8 Å². The molecule has 3 aromatic rings. The highest BCUT2D eigenvalue weighted by molar-refractivity contribution is 7.99. The number of hydrogen-bond donors (Lipinski definition) is 0. The molecule has 1 aliphatic rings. The van der Waals surface area contributed by atoms with Gasteiger partial charge in [-0.15, -0.1) is 11.3 Å². The third-order valence-corrected chi connectivity index (χ3v) is 6.56. The van der Waals surface area contributed by atoms with Gasteiger partial charge in [-0.25, -0.2) is 4.98 Å². The first-order valence-corrected chi connectivity index (χ1v) is 9.75. The summed E-state index contributed by atoms with van der Waals surface area (Å²) >= 11 is 3.18. The Labute approximate surface area is 147 Å². The van der Waals surface area contributed by atoms with Gasteiger partial charge in [0.15, 0.2) is 5.16 Å². The smallest absolute Gasteiger partial charge is 0.262 e. The molecule has 0 N–H and O–H groups in total. The Bertz CT molecular complexity index is 1030. The van der Waals surface area contributed by atoms with Crippen molar-refractivity contribution in [3.05, 3.63) is 55.5 Å². The van der Waals surface area contributed by atoms with Gasteiger partial charge in [0.05, 0.1) is 5.39 Å². The summed E-state index contributed by atoms with van der Waals surface area (Å²) in [6, 6.07) is 5.14. The van der Waals surface area contributed by atoms with Gasteiger partial charge >= 0.3 is 0 Å². The highest BCUT2D eigenvalue weighted by Gasteiger charge is 2.22. The number of nitrogens with zero attached hydrogens (tertiary/aromatic N) is 3. The van der Waals surface area contributed by atoms with E-state index < -0.39 is 0 Å². The van der Waals surface area contributed by atoms with E-state index in [9.17, 15) is 9.59 Å². The largest absolute Gasteiger partial charge is 0.315 e. The fraction of sp³-hybridized carbons (Fsp3) is 0.353. The summed E-state index contributed by atoms with van der Waals surface area (Å²) in [6.45, 7) is 0.596. The maximum absolute atomic E-state index is 12.7. The molecule has 0 spiro atoms. The van der Waals surface area contributed by atoms with Gasteiger partial charge in [-0.2, -0.15) is 0 Å². The molecular weight excluding hydrogens is 342 g/mol. The first kappa shape index (κ1) is 15.7. The third kappa shape index (κ3) is 2.61. The van der Waals surface area contributed by atoms with Crippen LogP contribution in [0.4, 0.5) is 0 Å². The second kappa shape index (κ2) is 6.22. The normalized spacial score (nSPS) is 13.5. The highest BCUT2D eigenvalue weighted by atomic mass is 32.2. The maximum atomic E-state index is 12.7. The molecule has 0 unspecified atom stereocenters. The van der Waals surface area contributed by atoms with Crippen LogP contribution in [0, 0.1) is 0 Å². The molecule has 5 nitrogen and oxygen atoms in total. The Morgan fingerprint density at radius 1 is 1.29 bits per heavy atom. The Morgan fingerprint density at radius 2 is 2.17 bits per heavy atom. The van der Waals surface area contributed by atoms with Crippen molar-refractivity contribution in [1.29, 1.82) is 0 Å². The zero-order valence-electron chi connectivity index (χ0n) is 13.3. The first-order valence-electron chi connectivity index (χ1n) is 7.94. The third-order valence-electron chi connectivity index (χ3n) is 4.37. The van der Waals surface area contributed by atoms with Gasteiger partial charge in [0, 0.05) is 36.5 Å². The second-order valence-electron chi connectivity index (χ2n) is 5.88. The molecule has 0 radical (unpaired) electrons. The summed E-state index contributed by atoms with van der Waals surface area (Å²) in [5.41, 5.74) is 1.26.